The van der Waals surface area contributed by atoms with Crippen LogP contribution in [0, 0.1) is 0 Å². The van der Waals surface area contributed by atoms with E-state index in [4.69, 9.17) is 4.74 Å². The summed E-state index contributed by atoms with van der Waals surface area (Å²) in [6.45, 7) is 0.772. The normalized spacial score (nSPS) is 11.4. The van der Waals surface area contributed by atoms with Gasteiger partial charge in [0.05, 0.1) is 11.5 Å². The van der Waals surface area contributed by atoms with Crippen molar-refractivity contribution in [1.82, 2.24) is 4.72 Å². The predicted octanol–water partition coefficient (Wildman–Crippen LogP) is 2.31. The minimum absolute atomic E-state index is 0.259. The molecule has 0 unspecified atom stereocenters. The van der Waals surface area contributed by atoms with E-state index in [9.17, 15) is 8.42 Å². The second-order valence-electron chi connectivity index (χ2n) is 4.39. The van der Waals surface area contributed by atoms with E-state index in [-0.39, 0.29) is 11.4 Å². The second kappa shape index (κ2) is 6.65. The Balaban J connectivity index is 2.07. The summed E-state index contributed by atoms with van der Waals surface area (Å²) in [4.78, 5) is 0.271. The lowest BCUT2D eigenvalue weighted by atomic mass is 10.1. The molecule has 106 valence electrons. The summed E-state index contributed by atoms with van der Waals surface area (Å²) >= 11 is 0. The Hall–Kier alpha value is -1.69. The van der Waals surface area contributed by atoms with Gasteiger partial charge in [0.15, 0.2) is 0 Å². The Labute approximate surface area is 119 Å². The number of ether oxygens (including phenoxy) is 1. The Bertz CT molecular complexity index is 654. The highest BCUT2D eigenvalue weighted by molar-refractivity contribution is 7.89. The summed E-state index contributed by atoms with van der Waals surface area (Å²) in [5.41, 5.74) is 1.92. The molecule has 0 spiro atoms. The van der Waals surface area contributed by atoms with Crippen LogP contribution in [0.3, 0.4) is 0 Å². The van der Waals surface area contributed by atoms with E-state index < -0.39 is 10.0 Å². The van der Waals surface area contributed by atoms with Gasteiger partial charge in [-0.15, -0.1) is 0 Å². The summed E-state index contributed by atoms with van der Waals surface area (Å²) < 4.78 is 31.8. The number of methoxy groups -OCH3 is 1. The molecule has 0 saturated heterocycles. The van der Waals surface area contributed by atoms with E-state index in [1.807, 2.05) is 24.3 Å². The van der Waals surface area contributed by atoms with Gasteiger partial charge in [0.25, 0.3) is 0 Å². The molecule has 0 aliphatic rings. The monoisotopic (exact) mass is 291 g/mol. The van der Waals surface area contributed by atoms with Crippen molar-refractivity contribution in [2.45, 2.75) is 18.0 Å². The van der Waals surface area contributed by atoms with Gasteiger partial charge in [-0.25, -0.2) is 13.1 Å². The summed E-state index contributed by atoms with van der Waals surface area (Å²) in [6.07, 6.45) is 0. The first-order chi connectivity index (χ1) is 9.62. The lowest BCUT2D eigenvalue weighted by Gasteiger charge is -2.08. The number of hydrogen-bond donors (Lipinski definition) is 1. The Morgan fingerprint density at radius 2 is 1.70 bits per heavy atom. The molecule has 0 aliphatic heterocycles. The second-order valence-corrected chi connectivity index (χ2v) is 6.16. The van der Waals surface area contributed by atoms with Crippen molar-refractivity contribution < 1.29 is 13.2 Å². The fraction of sp³-hybridized carbons (Fsp3) is 0.200. The third-order valence-corrected chi connectivity index (χ3v) is 4.24. The van der Waals surface area contributed by atoms with Crippen LogP contribution < -0.4 is 4.72 Å². The molecule has 0 aromatic heterocycles. The SMILES string of the molecule is COCc1cccc(CNS(=O)(=O)c2ccccc2)c1. The number of sulfonamides is 1. The van der Waals surface area contributed by atoms with Crippen molar-refractivity contribution in [3.8, 4) is 0 Å². The van der Waals surface area contributed by atoms with Crippen LogP contribution in [-0.2, 0) is 27.9 Å². The molecule has 0 bridgehead atoms. The predicted molar refractivity (Wildman–Crippen MR) is 77.6 cm³/mol. The largest absolute Gasteiger partial charge is 0.380 e. The Kier molecular flexibility index (Phi) is 4.89. The molecule has 0 atom stereocenters. The molecule has 2 aromatic carbocycles. The molecule has 0 fully saturated rings. The average molecular weight is 291 g/mol. The van der Waals surface area contributed by atoms with Crippen LogP contribution in [0.1, 0.15) is 11.1 Å². The number of hydrogen-bond acceptors (Lipinski definition) is 3. The molecule has 1 N–H and O–H groups in total. The van der Waals surface area contributed by atoms with E-state index >= 15 is 0 Å². The molecule has 2 rings (SSSR count). The van der Waals surface area contributed by atoms with Crippen molar-refractivity contribution in [1.29, 1.82) is 0 Å². The number of benzene rings is 2. The van der Waals surface area contributed by atoms with Crippen LogP contribution in [0.4, 0.5) is 0 Å². The van der Waals surface area contributed by atoms with E-state index in [2.05, 4.69) is 4.72 Å². The molecule has 20 heavy (non-hydrogen) atoms. The van der Waals surface area contributed by atoms with Crippen LogP contribution >= 0.6 is 0 Å². The van der Waals surface area contributed by atoms with Crippen LogP contribution in [0.15, 0.2) is 59.5 Å². The first kappa shape index (κ1) is 14.7. The first-order valence-corrected chi connectivity index (χ1v) is 7.71. The maximum absolute atomic E-state index is 12.1. The van der Waals surface area contributed by atoms with Gasteiger partial charge in [-0.3, -0.25) is 0 Å². The minimum Gasteiger partial charge on any atom is -0.380 e. The number of nitrogens with one attached hydrogen (secondary N) is 1. The van der Waals surface area contributed by atoms with Crippen LogP contribution in [0.5, 0.6) is 0 Å². The summed E-state index contributed by atoms with van der Waals surface area (Å²) in [7, 11) is -1.84. The van der Waals surface area contributed by atoms with Gasteiger partial charge in [0.2, 0.25) is 10.0 Å². The fourth-order valence-electron chi connectivity index (χ4n) is 1.86. The van der Waals surface area contributed by atoms with E-state index in [1.54, 1.807) is 37.4 Å². The van der Waals surface area contributed by atoms with Gasteiger partial charge in [-0.2, -0.15) is 0 Å². The van der Waals surface area contributed by atoms with Gasteiger partial charge in [0, 0.05) is 13.7 Å². The highest BCUT2D eigenvalue weighted by Gasteiger charge is 2.12. The van der Waals surface area contributed by atoms with Gasteiger partial charge < -0.3 is 4.74 Å². The van der Waals surface area contributed by atoms with Gasteiger partial charge >= 0.3 is 0 Å². The van der Waals surface area contributed by atoms with Crippen LogP contribution in [0.2, 0.25) is 0 Å². The zero-order valence-corrected chi connectivity index (χ0v) is 12.1. The van der Waals surface area contributed by atoms with Crippen molar-refractivity contribution >= 4 is 10.0 Å². The number of rotatable bonds is 6. The zero-order valence-electron chi connectivity index (χ0n) is 11.2. The third-order valence-electron chi connectivity index (χ3n) is 2.82. The van der Waals surface area contributed by atoms with Crippen molar-refractivity contribution in [2.75, 3.05) is 7.11 Å². The quantitative estimate of drug-likeness (QED) is 0.888. The lowest BCUT2D eigenvalue weighted by molar-refractivity contribution is 0.185. The average Bonchev–Trinajstić information content (AvgIpc) is 2.47. The van der Waals surface area contributed by atoms with Crippen LogP contribution in [-0.4, -0.2) is 15.5 Å². The molecular formula is C15H17NO3S. The Morgan fingerprint density at radius 1 is 1.00 bits per heavy atom. The fourth-order valence-corrected chi connectivity index (χ4v) is 2.90. The topological polar surface area (TPSA) is 55.4 Å². The highest BCUT2D eigenvalue weighted by atomic mass is 32.2. The smallest absolute Gasteiger partial charge is 0.240 e. The maximum Gasteiger partial charge on any atom is 0.240 e. The maximum atomic E-state index is 12.1. The van der Waals surface area contributed by atoms with Crippen molar-refractivity contribution in [2.24, 2.45) is 0 Å². The van der Waals surface area contributed by atoms with E-state index in [1.165, 1.54) is 0 Å². The van der Waals surface area contributed by atoms with Crippen molar-refractivity contribution in [3.63, 3.8) is 0 Å². The molecule has 2 aromatic rings. The molecule has 0 radical (unpaired) electrons. The lowest BCUT2D eigenvalue weighted by Crippen LogP contribution is -2.23. The van der Waals surface area contributed by atoms with Gasteiger partial charge in [-0.1, -0.05) is 42.5 Å². The molecule has 5 heteroatoms. The molecule has 0 aliphatic carbocycles. The molecule has 0 amide bonds. The van der Waals surface area contributed by atoms with Gasteiger partial charge in [0.1, 0.15) is 0 Å². The summed E-state index contributed by atoms with van der Waals surface area (Å²) in [5, 5.41) is 0. The third kappa shape index (κ3) is 3.90. The van der Waals surface area contributed by atoms with Crippen molar-refractivity contribution in [3.05, 3.63) is 65.7 Å². The van der Waals surface area contributed by atoms with Crippen LogP contribution in [0.25, 0.3) is 0 Å². The summed E-state index contributed by atoms with van der Waals surface area (Å²) in [5.74, 6) is 0. The molecule has 0 heterocycles. The zero-order chi connectivity index (χ0) is 14.4. The standard InChI is InChI=1S/C15H17NO3S/c1-19-12-14-7-5-6-13(10-14)11-16-20(17,18)15-8-3-2-4-9-15/h2-10,16H,11-12H2,1H3. The Morgan fingerprint density at radius 3 is 2.40 bits per heavy atom. The molecular weight excluding hydrogens is 274 g/mol. The van der Waals surface area contributed by atoms with Gasteiger partial charge in [-0.05, 0) is 23.3 Å². The summed E-state index contributed by atoms with van der Waals surface area (Å²) in [6, 6.07) is 16.0. The minimum atomic E-state index is -3.46. The first-order valence-electron chi connectivity index (χ1n) is 6.23. The molecule has 4 nitrogen and oxygen atoms in total. The van der Waals surface area contributed by atoms with E-state index in [0.717, 1.165) is 11.1 Å². The van der Waals surface area contributed by atoms with E-state index in [0.29, 0.717) is 6.61 Å². The molecule has 0 saturated carbocycles. The highest BCUT2D eigenvalue weighted by Crippen LogP contribution is 2.10.